The fourth-order valence-corrected chi connectivity index (χ4v) is 1.92. The van der Waals surface area contributed by atoms with Crippen molar-refractivity contribution >= 4 is 17.7 Å². The Bertz CT molecular complexity index is 343. The van der Waals surface area contributed by atoms with E-state index in [9.17, 15) is 14.4 Å². The highest BCUT2D eigenvalue weighted by molar-refractivity contribution is 6.03. The molecule has 0 aromatic carbocycles. The molecule has 0 spiro atoms. The standard InChI is InChI=1S/C12H21N3O3/c1-4-5-8(2)14-10(16)7-15-11(17)6-13-9(3)12(15)18/h8-9,13H,4-7H2,1-3H3,(H,14,16). The topological polar surface area (TPSA) is 78.5 Å². The number of nitrogens with one attached hydrogen (secondary N) is 2. The Hall–Kier alpha value is -1.43. The molecule has 1 fully saturated rings. The zero-order valence-electron chi connectivity index (χ0n) is 11.2. The summed E-state index contributed by atoms with van der Waals surface area (Å²) >= 11 is 0. The third-order valence-electron chi connectivity index (χ3n) is 2.93. The zero-order chi connectivity index (χ0) is 13.7. The summed E-state index contributed by atoms with van der Waals surface area (Å²) in [4.78, 5) is 36.0. The van der Waals surface area contributed by atoms with Gasteiger partial charge < -0.3 is 5.32 Å². The van der Waals surface area contributed by atoms with Crippen LogP contribution in [0.1, 0.15) is 33.6 Å². The van der Waals surface area contributed by atoms with E-state index >= 15 is 0 Å². The molecule has 18 heavy (non-hydrogen) atoms. The van der Waals surface area contributed by atoms with Gasteiger partial charge in [0.05, 0.1) is 12.6 Å². The molecular formula is C12H21N3O3. The zero-order valence-corrected chi connectivity index (χ0v) is 11.2. The van der Waals surface area contributed by atoms with Gasteiger partial charge in [-0.15, -0.1) is 0 Å². The van der Waals surface area contributed by atoms with Gasteiger partial charge in [-0.1, -0.05) is 13.3 Å². The Kier molecular flexibility index (Phi) is 5.27. The van der Waals surface area contributed by atoms with E-state index in [-0.39, 0.29) is 36.9 Å². The molecule has 0 aromatic rings. The van der Waals surface area contributed by atoms with E-state index in [0.29, 0.717) is 0 Å². The Morgan fingerprint density at radius 3 is 2.83 bits per heavy atom. The molecule has 1 aliphatic heterocycles. The summed E-state index contributed by atoms with van der Waals surface area (Å²) in [6.45, 7) is 5.54. The minimum absolute atomic E-state index is 0.0630. The van der Waals surface area contributed by atoms with Gasteiger partial charge in [-0.3, -0.25) is 24.6 Å². The third kappa shape index (κ3) is 3.80. The van der Waals surface area contributed by atoms with Crippen LogP contribution >= 0.6 is 0 Å². The van der Waals surface area contributed by atoms with Gasteiger partial charge >= 0.3 is 0 Å². The van der Waals surface area contributed by atoms with Crippen LogP contribution < -0.4 is 10.6 Å². The highest BCUT2D eigenvalue weighted by Gasteiger charge is 2.32. The summed E-state index contributed by atoms with van der Waals surface area (Å²) in [6, 6.07) is -0.350. The highest BCUT2D eigenvalue weighted by Crippen LogP contribution is 2.02. The fraction of sp³-hybridized carbons (Fsp3) is 0.750. The van der Waals surface area contributed by atoms with Crippen LogP contribution in [0.2, 0.25) is 0 Å². The van der Waals surface area contributed by atoms with Crippen molar-refractivity contribution in [3.8, 4) is 0 Å². The first kappa shape index (κ1) is 14.6. The second-order valence-electron chi connectivity index (χ2n) is 4.68. The summed E-state index contributed by atoms with van der Waals surface area (Å²) in [5.41, 5.74) is 0. The van der Waals surface area contributed by atoms with Gasteiger partial charge in [0.15, 0.2) is 0 Å². The third-order valence-corrected chi connectivity index (χ3v) is 2.93. The van der Waals surface area contributed by atoms with E-state index in [2.05, 4.69) is 10.6 Å². The van der Waals surface area contributed by atoms with Gasteiger partial charge in [-0.05, 0) is 20.3 Å². The van der Waals surface area contributed by atoms with Crippen molar-refractivity contribution in [2.75, 3.05) is 13.1 Å². The van der Waals surface area contributed by atoms with Crippen LogP contribution in [0.3, 0.4) is 0 Å². The van der Waals surface area contributed by atoms with Crippen LogP contribution in [0, 0.1) is 0 Å². The Labute approximate surface area is 107 Å². The lowest BCUT2D eigenvalue weighted by molar-refractivity contribution is -0.151. The largest absolute Gasteiger partial charge is 0.352 e. The van der Waals surface area contributed by atoms with Gasteiger partial charge in [0.1, 0.15) is 6.54 Å². The quantitative estimate of drug-likeness (QED) is 0.658. The van der Waals surface area contributed by atoms with Crippen LogP contribution in [-0.2, 0) is 14.4 Å². The van der Waals surface area contributed by atoms with Crippen LogP contribution in [0.4, 0.5) is 0 Å². The van der Waals surface area contributed by atoms with E-state index < -0.39 is 6.04 Å². The van der Waals surface area contributed by atoms with Crippen molar-refractivity contribution in [2.45, 2.75) is 45.7 Å². The molecule has 102 valence electrons. The van der Waals surface area contributed by atoms with Gasteiger partial charge in [-0.2, -0.15) is 0 Å². The molecule has 2 unspecified atom stereocenters. The van der Waals surface area contributed by atoms with Crippen molar-refractivity contribution in [1.29, 1.82) is 0 Å². The summed E-state index contributed by atoms with van der Waals surface area (Å²) in [6.07, 6.45) is 1.86. The van der Waals surface area contributed by atoms with Crippen LogP contribution in [0.5, 0.6) is 0 Å². The van der Waals surface area contributed by atoms with Crippen molar-refractivity contribution < 1.29 is 14.4 Å². The normalized spacial score (nSPS) is 21.9. The predicted molar refractivity (Wildman–Crippen MR) is 66.7 cm³/mol. The number of hydrogen-bond donors (Lipinski definition) is 2. The van der Waals surface area contributed by atoms with Crippen LogP contribution in [0.25, 0.3) is 0 Å². The SMILES string of the molecule is CCCC(C)NC(=O)CN1C(=O)CNC(C)C1=O. The fourth-order valence-electron chi connectivity index (χ4n) is 1.92. The van der Waals surface area contributed by atoms with E-state index in [0.717, 1.165) is 17.7 Å². The van der Waals surface area contributed by atoms with Crippen molar-refractivity contribution in [2.24, 2.45) is 0 Å². The molecule has 0 saturated carbocycles. The van der Waals surface area contributed by atoms with Gasteiger partial charge in [0, 0.05) is 6.04 Å². The smallest absolute Gasteiger partial charge is 0.246 e. The summed E-state index contributed by atoms with van der Waals surface area (Å²) in [7, 11) is 0. The Morgan fingerprint density at radius 1 is 1.56 bits per heavy atom. The van der Waals surface area contributed by atoms with E-state index in [4.69, 9.17) is 0 Å². The molecular weight excluding hydrogens is 234 g/mol. The predicted octanol–water partition coefficient (Wildman–Crippen LogP) is -0.362. The lowest BCUT2D eigenvalue weighted by Crippen LogP contribution is -2.59. The number of nitrogens with zero attached hydrogens (tertiary/aromatic N) is 1. The first-order valence-electron chi connectivity index (χ1n) is 6.32. The number of hydrogen-bond acceptors (Lipinski definition) is 4. The molecule has 1 rings (SSSR count). The number of piperazine rings is 1. The minimum Gasteiger partial charge on any atom is -0.352 e. The van der Waals surface area contributed by atoms with E-state index in [1.807, 2.05) is 13.8 Å². The monoisotopic (exact) mass is 255 g/mol. The molecule has 3 amide bonds. The Balaban J connectivity index is 2.52. The maximum absolute atomic E-state index is 11.7. The second kappa shape index (κ2) is 6.49. The molecule has 0 bridgehead atoms. The van der Waals surface area contributed by atoms with Gasteiger partial charge in [0.25, 0.3) is 0 Å². The summed E-state index contributed by atoms with van der Waals surface area (Å²) < 4.78 is 0. The van der Waals surface area contributed by atoms with Crippen LogP contribution in [-0.4, -0.2) is 47.8 Å². The van der Waals surface area contributed by atoms with Crippen LogP contribution in [0.15, 0.2) is 0 Å². The molecule has 2 atom stereocenters. The first-order valence-corrected chi connectivity index (χ1v) is 6.32. The maximum atomic E-state index is 11.7. The van der Waals surface area contributed by atoms with Crippen molar-refractivity contribution in [1.82, 2.24) is 15.5 Å². The first-order chi connectivity index (χ1) is 8.45. The number of imide groups is 1. The minimum atomic E-state index is -0.413. The summed E-state index contributed by atoms with van der Waals surface area (Å²) in [5, 5.41) is 5.55. The summed E-state index contributed by atoms with van der Waals surface area (Å²) in [5.74, 6) is -0.979. The molecule has 0 aromatic heterocycles. The molecule has 1 saturated heterocycles. The lowest BCUT2D eigenvalue weighted by atomic mass is 10.2. The molecule has 0 radical (unpaired) electrons. The maximum Gasteiger partial charge on any atom is 0.246 e. The number of carbonyl (C=O) groups is 3. The van der Waals surface area contributed by atoms with Crippen molar-refractivity contribution in [3.63, 3.8) is 0 Å². The molecule has 2 N–H and O–H groups in total. The molecule has 6 heteroatoms. The molecule has 1 aliphatic rings. The Morgan fingerprint density at radius 2 is 2.22 bits per heavy atom. The number of amides is 3. The van der Waals surface area contributed by atoms with Gasteiger partial charge in [0.2, 0.25) is 17.7 Å². The molecule has 0 aliphatic carbocycles. The van der Waals surface area contributed by atoms with Crippen molar-refractivity contribution in [3.05, 3.63) is 0 Å². The van der Waals surface area contributed by atoms with Gasteiger partial charge in [-0.25, -0.2) is 0 Å². The average molecular weight is 255 g/mol. The molecule has 6 nitrogen and oxygen atoms in total. The number of carbonyl (C=O) groups excluding carboxylic acids is 3. The molecule has 1 heterocycles. The van der Waals surface area contributed by atoms with E-state index in [1.165, 1.54) is 0 Å². The van der Waals surface area contributed by atoms with E-state index in [1.54, 1.807) is 6.92 Å². The second-order valence-corrected chi connectivity index (χ2v) is 4.68. The lowest BCUT2D eigenvalue weighted by Gasteiger charge is -2.29. The number of rotatable bonds is 5. The average Bonchev–Trinajstić information content (AvgIpc) is 2.30. The highest BCUT2D eigenvalue weighted by atomic mass is 16.2.